The predicted octanol–water partition coefficient (Wildman–Crippen LogP) is 3.53. The van der Waals surface area contributed by atoms with Crippen LogP contribution in [0.4, 0.5) is 5.69 Å². The fourth-order valence-corrected chi connectivity index (χ4v) is 2.43. The number of amides is 1. The highest BCUT2D eigenvalue weighted by Crippen LogP contribution is 2.20. The molecule has 0 unspecified atom stereocenters. The van der Waals surface area contributed by atoms with Gasteiger partial charge in [0.1, 0.15) is 6.10 Å². The van der Waals surface area contributed by atoms with E-state index in [1.807, 2.05) is 12.1 Å². The maximum atomic E-state index is 11.7. The number of rotatable bonds is 4. The van der Waals surface area contributed by atoms with E-state index in [2.05, 4.69) is 5.32 Å². The molecule has 1 fully saturated rings. The highest BCUT2D eigenvalue weighted by atomic mass is 16.5. The summed E-state index contributed by atoms with van der Waals surface area (Å²) in [5, 5.41) is 2.70. The Morgan fingerprint density at radius 3 is 2.43 bits per heavy atom. The third-order valence-corrected chi connectivity index (χ3v) is 3.48. The van der Waals surface area contributed by atoms with Crippen LogP contribution in [0, 0.1) is 0 Å². The van der Waals surface area contributed by atoms with Crippen molar-refractivity contribution in [1.29, 1.82) is 0 Å². The second-order valence-electron chi connectivity index (χ2n) is 5.33. The second kappa shape index (κ2) is 7.62. The first kappa shape index (κ1) is 15.3. The molecule has 0 saturated heterocycles. The zero-order valence-corrected chi connectivity index (χ0v) is 12.3. The molecule has 1 aliphatic rings. The van der Waals surface area contributed by atoms with Crippen molar-refractivity contribution in [1.82, 2.24) is 0 Å². The molecule has 4 nitrogen and oxygen atoms in total. The van der Waals surface area contributed by atoms with E-state index in [0.29, 0.717) is 0 Å². The van der Waals surface area contributed by atoms with E-state index in [0.717, 1.165) is 36.9 Å². The van der Waals surface area contributed by atoms with E-state index in [-0.39, 0.29) is 18.0 Å². The van der Waals surface area contributed by atoms with E-state index < -0.39 is 0 Å². The number of hydrogen-bond donors (Lipinski definition) is 1. The molecule has 1 aliphatic carbocycles. The number of benzene rings is 1. The summed E-state index contributed by atoms with van der Waals surface area (Å²) in [7, 11) is 0. The summed E-state index contributed by atoms with van der Waals surface area (Å²) in [6.45, 7) is 1.47. The Morgan fingerprint density at radius 1 is 1.14 bits per heavy atom. The lowest BCUT2D eigenvalue weighted by Crippen LogP contribution is -2.19. The van der Waals surface area contributed by atoms with E-state index >= 15 is 0 Å². The van der Waals surface area contributed by atoms with Crippen molar-refractivity contribution in [2.45, 2.75) is 45.1 Å². The smallest absolute Gasteiger partial charge is 0.331 e. The highest BCUT2D eigenvalue weighted by Gasteiger charge is 2.16. The van der Waals surface area contributed by atoms with Crippen molar-refractivity contribution in [2.24, 2.45) is 0 Å². The molecule has 0 aliphatic heterocycles. The van der Waals surface area contributed by atoms with E-state index in [1.165, 1.54) is 19.4 Å². The van der Waals surface area contributed by atoms with E-state index in [9.17, 15) is 9.59 Å². The summed E-state index contributed by atoms with van der Waals surface area (Å²) in [4.78, 5) is 22.6. The van der Waals surface area contributed by atoms with Gasteiger partial charge in [0, 0.05) is 18.7 Å². The number of nitrogens with one attached hydrogen (secondary N) is 1. The van der Waals surface area contributed by atoms with Crippen LogP contribution >= 0.6 is 0 Å². The summed E-state index contributed by atoms with van der Waals surface area (Å²) in [5.41, 5.74) is 1.63. The van der Waals surface area contributed by atoms with Gasteiger partial charge in [0.25, 0.3) is 0 Å². The van der Waals surface area contributed by atoms with Crippen LogP contribution in [0.3, 0.4) is 0 Å². The van der Waals surface area contributed by atoms with Crippen molar-refractivity contribution in [3.63, 3.8) is 0 Å². The first-order chi connectivity index (χ1) is 10.1. The molecule has 0 spiro atoms. The van der Waals surface area contributed by atoms with Crippen LogP contribution in [-0.4, -0.2) is 18.0 Å². The molecular weight excluding hydrogens is 266 g/mol. The third kappa shape index (κ3) is 5.42. The zero-order valence-electron chi connectivity index (χ0n) is 12.3. The number of ether oxygens (including phenoxy) is 1. The molecule has 0 heterocycles. The molecule has 2 rings (SSSR count). The minimum atomic E-state index is -0.284. The summed E-state index contributed by atoms with van der Waals surface area (Å²) < 4.78 is 5.41. The van der Waals surface area contributed by atoms with Crippen molar-refractivity contribution in [3.8, 4) is 0 Å². The van der Waals surface area contributed by atoms with Gasteiger partial charge < -0.3 is 10.1 Å². The predicted molar refractivity (Wildman–Crippen MR) is 82.7 cm³/mol. The molecule has 1 amide bonds. The normalized spacial score (nSPS) is 15.9. The molecule has 1 aromatic rings. The fourth-order valence-electron chi connectivity index (χ4n) is 2.43. The van der Waals surface area contributed by atoms with Crippen LogP contribution in [0.25, 0.3) is 6.08 Å². The van der Waals surface area contributed by atoms with Crippen LogP contribution in [0.1, 0.15) is 44.6 Å². The Labute approximate surface area is 125 Å². The molecule has 0 radical (unpaired) electrons. The average molecular weight is 287 g/mol. The molecular formula is C17H21NO3. The number of hydrogen-bond acceptors (Lipinski definition) is 3. The molecule has 1 aromatic carbocycles. The first-order valence-corrected chi connectivity index (χ1v) is 7.40. The SMILES string of the molecule is CC(=O)Nc1ccc(/C=C/C(=O)OC2CCCCC2)cc1. The molecule has 1 saturated carbocycles. The number of esters is 1. The van der Waals surface area contributed by atoms with E-state index in [1.54, 1.807) is 18.2 Å². The van der Waals surface area contributed by atoms with Crippen molar-refractivity contribution in [2.75, 3.05) is 5.32 Å². The van der Waals surface area contributed by atoms with Gasteiger partial charge in [0.15, 0.2) is 0 Å². The molecule has 21 heavy (non-hydrogen) atoms. The minimum Gasteiger partial charge on any atom is -0.459 e. The maximum absolute atomic E-state index is 11.7. The quantitative estimate of drug-likeness (QED) is 0.680. The van der Waals surface area contributed by atoms with E-state index in [4.69, 9.17) is 4.74 Å². The standard InChI is InChI=1S/C17H21NO3/c1-13(19)18-15-10-7-14(8-11-15)9-12-17(20)21-16-5-3-2-4-6-16/h7-12,16H,2-6H2,1H3,(H,18,19)/b12-9+. The maximum Gasteiger partial charge on any atom is 0.331 e. The highest BCUT2D eigenvalue weighted by molar-refractivity contribution is 5.89. The molecule has 0 aromatic heterocycles. The van der Waals surface area contributed by atoms with Crippen molar-refractivity contribution >= 4 is 23.6 Å². The number of carbonyl (C=O) groups is 2. The van der Waals surface area contributed by atoms with Crippen molar-refractivity contribution in [3.05, 3.63) is 35.9 Å². The van der Waals surface area contributed by atoms with Crippen molar-refractivity contribution < 1.29 is 14.3 Å². The van der Waals surface area contributed by atoms with Gasteiger partial charge in [0.2, 0.25) is 5.91 Å². The molecule has 4 heteroatoms. The van der Waals surface area contributed by atoms with Gasteiger partial charge in [-0.1, -0.05) is 18.6 Å². The van der Waals surface area contributed by atoms with Crippen LogP contribution in [-0.2, 0) is 14.3 Å². The largest absolute Gasteiger partial charge is 0.459 e. The van der Waals surface area contributed by atoms with Gasteiger partial charge in [-0.05, 0) is 49.5 Å². The average Bonchev–Trinajstić information content (AvgIpc) is 2.47. The third-order valence-electron chi connectivity index (χ3n) is 3.48. The van der Waals surface area contributed by atoms with Gasteiger partial charge in [-0.15, -0.1) is 0 Å². The van der Waals surface area contributed by atoms with Gasteiger partial charge >= 0.3 is 5.97 Å². The Balaban J connectivity index is 1.84. The topological polar surface area (TPSA) is 55.4 Å². The summed E-state index contributed by atoms with van der Waals surface area (Å²) in [6, 6.07) is 7.28. The Bertz CT molecular complexity index is 513. The van der Waals surface area contributed by atoms with Gasteiger partial charge in [-0.2, -0.15) is 0 Å². The van der Waals surface area contributed by atoms with Crippen LogP contribution in [0.2, 0.25) is 0 Å². The fraction of sp³-hybridized carbons (Fsp3) is 0.412. The van der Waals surface area contributed by atoms with Gasteiger partial charge in [0.05, 0.1) is 0 Å². The van der Waals surface area contributed by atoms with Gasteiger partial charge in [-0.25, -0.2) is 4.79 Å². The molecule has 112 valence electrons. The molecule has 0 bridgehead atoms. The van der Waals surface area contributed by atoms with Crippen LogP contribution in [0.15, 0.2) is 30.3 Å². The van der Waals surface area contributed by atoms with Crippen LogP contribution in [0.5, 0.6) is 0 Å². The summed E-state index contributed by atoms with van der Waals surface area (Å²) in [5.74, 6) is -0.387. The lowest BCUT2D eigenvalue weighted by molar-refractivity contribution is -0.144. The Morgan fingerprint density at radius 2 is 1.81 bits per heavy atom. The number of carbonyl (C=O) groups excluding carboxylic acids is 2. The summed E-state index contributed by atoms with van der Waals surface area (Å²) >= 11 is 0. The molecule has 1 N–H and O–H groups in total. The Kier molecular flexibility index (Phi) is 5.55. The number of anilines is 1. The monoisotopic (exact) mass is 287 g/mol. The lowest BCUT2D eigenvalue weighted by atomic mass is 9.98. The zero-order chi connectivity index (χ0) is 15.1. The lowest BCUT2D eigenvalue weighted by Gasteiger charge is -2.20. The molecule has 0 atom stereocenters. The van der Waals surface area contributed by atoms with Gasteiger partial charge in [-0.3, -0.25) is 4.79 Å². The Hall–Kier alpha value is -2.10. The van der Waals surface area contributed by atoms with Crippen LogP contribution < -0.4 is 5.32 Å². The second-order valence-corrected chi connectivity index (χ2v) is 5.33. The summed E-state index contributed by atoms with van der Waals surface area (Å²) in [6.07, 6.45) is 8.75. The minimum absolute atomic E-state index is 0.0815. The first-order valence-electron chi connectivity index (χ1n) is 7.40.